The second-order valence-electron chi connectivity index (χ2n) is 3.91. The van der Waals surface area contributed by atoms with Crippen LogP contribution in [0.3, 0.4) is 0 Å². The first-order valence-electron chi connectivity index (χ1n) is 5.36. The van der Waals surface area contributed by atoms with Crippen molar-refractivity contribution >= 4 is 0 Å². The first-order chi connectivity index (χ1) is 6.74. The van der Waals surface area contributed by atoms with Crippen molar-refractivity contribution in [2.45, 2.75) is 39.8 Å². The van der Waals surface area contributed by atoms with E-state index in [0.29, 0.717) is 6.04 Å². The topological polar surface area (TPSA) is 24.9 Å². The predicted molar refractivity (Wildman–Crippen MR) is 60.0 cm³/mol. The Morgan fingerprint density at radius 1 is 1.29 bits per heavy atom. The Kier molecular flexibility index (Phi) is 4.60. The van der Waals surface area contributed by atoms with E-state index in [1.165, 1.54) is 12.0 Å². The van der Waals surface area contributed by atoms with Gasteiger partial charge in [0.05, 0.1) is 0 Å². The van der Waals surface area contributed by atoms with Crippen LogP contribution in [0.2, 0.25) is 0 Å². The number of hydrogen-bond donors (Lipinski definition) is 1. The Bertz CT molecular complexity index is 246. The smallest absolute Gasteiger partial charge is 0.0271 e. The minimum atomic E-state index is 0.577. The van der Waals surface area contributed by atoms with E-state index in [0.717, 1.165) is 12.5 Å². The van der Waals surface area contributed by atoms with Gasteiger partial charge in [0.2, 0.25) is 0 Å². The third-order valence-corrected chi connectivity index (χ3v) is 2.88. The number of aromatic nitrogens is 1. The fraction of sp³-hybridized carbons (Fsp3) is 0.583. The van der Waals surface area contributed by atoms with Crippen LogP contribution >= 0.6 is 0 Å². The van der Waals surface area contributed by atoms with Crippen LogP contribution in [0, 0.1) is 5.92 Å². The van der Waals surface area contributed by atoms with E-state index in [4.69, 9.17) is 0 Å². The standard InChI is InChI=1S/C12H20N2/c1-4-10(2)11(3)14-9-12-5-7-13-8-6-12/h5-8,10-11,14H,4,9H2,1-3H3. The van der Waals surface area contributed by atoms with E-state index in [2.05, 4.69) is 43.2 Å². The first kappa shape index (κ1) is 11.2. The molecule has 78 valence electrons. The lowest BCUT2D eigenvalue weighted by molar-refractivity contribution is 0.389. The van der Waals surface area contributed by atoms with Gasteiger partial charge in [-0.1, -0.05) is 20.3 Å². The predicted octanol–water partition coefficient (Wildman–Crippen LogP) is 2.61. The molecule has 2 unspecified atom stereocenters. The summed E-state index contributed by atoms with van der Waals surface area (Å²) in [5.41, 5.74) is 1.30. The van der Waals surface area contributed by atoms with Crippen LogP contribution in [-0.4, -0.2) is 11.0 Å². The van der Waals surface area contributed by atoms with Gasteiger partial charge in [0.15, 0.2) is 0 Å². The molecule has 1 N–H and O–H groups in total. The normalized spacial score (nSPS) is 15.1. The molecule has 2 atom stereocenters. The van der Waals surface area contributed by atoms with E-state index in [1.807, 2.05) is 12.4 Å². The van der Waals surface area contributed by atoms with Crippen LogP contribution in [0.25, 0.3) is 0 Å². The van der Waals surface area contributed by atoms with Gasteiger partial charge in [-0.15, -0.1) is 0 Å². The van der Waals surface area contributed by atoms with Gasteiger partial charge in [0.25, 0.3) is 0 Å². The molecule has 1 heterocycles. The molecule has 0 aliphatic rings. The van der Waals surface area contributed by atoms with Gasteiger partial charge in [-0.3, -0.25) is 4.98 Å². The molecule has 0 aliphatic carbocycles. The maximum atomic E-state index is 4.00. The molecule has 0 fully saturated rings. The van der Waals surface area contributed by atoms with Gasteiger partial charge >= 0.3 is 0 Å². The highest BCUT2D eigenvalue weighted by Crippen LogP contribution is 2.07. The van der Waals surface area contributed by atoms with Crippen LogP contribution in [0.1, 0.15) is 32.8 Å². The zero-order valence-electron chi connectivity index (χ0n) is 9.33. The van der Waals surface area contributed by atoms with Gasteiger partial charge in [-0.05, 0) is 30.5 Å². The third-order valence-electron chi connectivity index (χ3n) is 2.88. The van der Waals surface area contributed by atoms with Crippen molar-refractivity contribution < 1.29 is 0 Å². The Balaban J connectivity index is 2.34. The van der Waals surface area contributed by atoms with Crippen molar-refractivity contribution in [3.63, 3.8) is 0 Å². The zero-order chi connectivity index (χ0) is 10.4. The van der Waals surface area contributed by atoms with Crippen LogP contribution in [0.5, 0.6) is 0 Å². The highest BCUT2D eigenvalue weighted by molar-refractivity contribution is 5.09. The van der Waals surface area contributed by atoms with Crippen molar-refractivity contribution in [1.29, 1.82) is 0 Å². The molecular weight excluding hydrogens is 172 g/mol. The SMILES string of the molecule is CCC(C)C(C)NCc1ccncc1. The summed E-state index contributed by atoms with van der Waals surface area (Å²) in [7, 11) is 0. The molecule has 0 spiro atoms. The summed E-state index contributed by atoms with van der Waals surface area (Å²) in [6.45, 7) is 7.70. The molecular formula is C12H20N2. The van der Waals surface area contributed by atoms with Crippen LogP contribution in [-0.2, 0) is 6.54 Å². The highest BCUT2D eigenvalue weighted by atomic mass is 14.9. The molecule has 0 bridgehead atoms. The van der Waals surface area contributed by atoms with E-state index in [-0.39, 0.29) is 0 Å². The number of pyridine rings is 1. The van der Waals surface area contributed by atoms with Gasteiger partial charge in [0, 0.05) is 25.0 Å². The van der Waals surface area contributed by atoms with Crippen LogP contribution in [0.15, 0.2) is 24.5 Å². The molecule has 0 saturated carbocycles. The monoisotopic (exact) mass is 192 g/mol. The van der Waals surface area contributed by atoms with Crippen molar-refractivity contribution in [1.82, 2.24) is 10.3 Å². The molecule has 0 aliphatic heterocycles. The Morgan fingerprint density at radius 2 is 1.93 bits per heavy atom. The maximum absolute atomic E-state index is 4.00. The van der Waals surface area contributed by atoms with Crippen molar-refractivity contribution in [2.75, 3.05) is 0 Å². The van der Waals surface area contributed by atoms with Crippen LogP contribution in [0.4, 0.5) is 0 Å². The quantitative estimate of drug-likeness (QED) is 0.775. The average molecular weight is 192 g/mol. The molecule has 0 radical (unpaired) electrons. The molecule has 14 heavy (non-hydrogen) atoms. The summed E-state index contributed by atoms with van der Waals surface area (Å²) in [5, 5.41) is 3.52. The molecule has 0 aromatic carbocycles. The number of rotatable bonds is 5. The summed E-state index contributed by atoms with van der Waals surface area (Å²) in [4.78, 5) is 4.00. The lowest BCUT2D eigenvalue weighted by Gasteiger charge is -2.19. The lowest BCUT2D eigenvalue weighted by atomic mass is 10.0. The van der Waals surface area contributed by atoms with E-state index in [9.17, 15) is 0 Å². The molecule has 1 aromatic heterocycles. The summed E-state index contributed by atoms with van der Waals surface area (Å²) in [6, 6.07) is 4.68. The van der Waals surface area contributed by atoms with Gasteiger partial charge in [-0.2, -0.15) is 0 Å². The van der Waals surface area contributed by atoms with Crippen molar-refractivity contribution in [3.05, 3.63) is 30.1 Å². The van der Waals surface area contributed by atoms with Gasteiger partial charge in [-0.25, -0.2) is 0 Å². The molecule has 0 saturated heterocycles. The number of hydrogen-bond acceptors (Lipinski definition) is 2. The molecule has 0 amide bonds. The second-order valence-corrected chi connectivity index (χ2v) is 3.91. The van der Waals surface area contributed by atoms with Crippen LogP contribution < -0.4 is 5.32 Å². The molecule has 2 nitrogen and oxygen atoms in total. The minimum absolute atomic E-state index is 0.577. The largest absolute Gasteiger partial charge is 0.310 e. The van der Waals surface area contributed by atoms with Gasteiger partial charge in [0.1, 0.15) is 0 Å². The molecule has 1 rings (SSSR count). The third kappa shape index (κ3) is 3.46. The summed E-state index contributed by atoms with van der Waals surface area (Å²) in [5.74, 6) is 0.733. The summed E-state index contributed by atoms with van der Waals surface area (Å²) >= 11 is 0. The number of nitrogens with zero attached hydrogens (tertiary/aromatic N) is 1. The van der Waals surface area contributed by atoms with Crippen molar-refractivity contribution in [3.8, 4) is 0 Å². The first-order valence-corrected chi connectivity index (χ1v) is 5.36. The Morgan fingerprint density at radius 3 is 2.50 bits per heavy atom. The number of nitrogens with one attached hydrogen (secondary N) is 1. The summed E-state index contributed by atoms with van der Waals surface area (Å²) < 4.78 is 0. The lowest BCUT2D eigenvalue weighted by Crippen LogP contribution is -2.31. The van der Waals surface area contributed by atoms with E-state index in [1.54, 1.807) is 0 Å². The fourth-order valence-corrected chi connectivity index (χ4v) is 1.33. The minimum Gasteiger partial charge on any atom is -0.310 e. The second kappa shape index (κ2) is 5.76. The Labute approximate surface area is 86.8 Å². The summed E-state index contributed by atoms with van der Waals surface area (Å²) in [6.07, 6.45) is 4.90. The van der Waals surface area contributed by atoms with Gasteiger partial charge < -0.3 is 5.32 Å². The average Bonchev–Trinajstić information content (AvgIpc) is 2.26. The van der Waals surface area contributed by atoms with E-state index < -0.39 is 0 Å². The fourth-order valence-electron chi connectivity index (χ4n) is 1.33. The van der Waals surface area contributed by atoms with E-state index >= 15 is 0 Å². The zero-order valence-corrected chi connectivity index (χ0v) is 9.33. The molecule has 2 heteroatoms. The Hall–Kier alpha value is -0.890. The van der Waals surface area contributed by atoms with Crippen molar-refractivity contribution in [2.24, 2.45) is 5.92 Å². The maximum Gasteiger partial charge on any atom is 0.0271 e. The highest BCUT2D eigenvalue weighted by Gasteiger charge is 2.08. The molecule has 1 aromatic rings.